The fraction of sp³-hybridized carbons (Fsp3) is 0.533. The average molecular weight is 278 g/mol. The number of likely N-dealkylation sites (tertiary alicyclic amines) is 1. The van der Waals surface area contributed by atoms with Crippen LogP contribution in [0.1, 0.15) is 26.2 Å². The Morgan fingerprint density at radius 2 is 2.16 bits per heavy atom. The molecule has 1 aliphatic heterocycles. The highest BCUT2D eigenvalue weighted by atomic mass is 35.5. The maximum absolute atomic E-state index is 9.52. The van der Waals surface area contributed by atoms with E-state index in [-0.39, 0.29) is 0 Å². The second-order valence-corrected chi connectivity index (χ2v) is 5.61. The summed E-state index contributed by atoms with van der Waals surface area (Å²) >= 11 is 5.98. The second kappa shape index (κ2) is 6.27. The summed E-state index contributed by atoms with van der Waals surface area (Å²) in [6.45, 7) is 5.28. The number of anilines is 1. The molecule has 0 aliphatic carbocycles. The Labute approximate surface area is 120 Å². The van der Waals surface area contributed by atoms with E-state index in [1.165, 1.54) is 6.42 Å². The molecule has 0 atom stereocenters. The zero-order chi connectivity index (χ0) is 13.7. The van der Waals surface area contributed by atoms with E-state index in [0.717, 1.165) is 38.2 Å². The molecular weight excluding hydrogens is 258 g/mol. The van der Waals surface area contributed by atoms with Gasteiger partial charge in [0, 0.05) is 23.8 Å². The van der Waals surface area contributed by atoms with Crippen molar-refractivity contribution >= 4 is 17.3 Å². The number of hydrogen-bond donors (Lipinski definition) is 1. The summed E-state index contributed by atoms with van der Waals surface area (Å²) in [6.07, 6.45) is 2.88. The van der Waals surface area contributed by atoms with E-state index in [9.17, 15) is 5.26 Å². The Kier molecular flexibility index (Phi) is 4.68. The molecule has 102 valence electrons. The van der Waals surface area contributed by atoms with Crippen LogP contribution in [0.25, 0.3) is 0 Å². The Morgan fingerprint density at radius 3 is 2.74 bits per heavy atom. The molecule has 1 saturated heterocycles. The summed E-state index contributed by atoms with van der Waals surface area (Å²) in [6, 6.07) is 10.1. The largest absolute Gasteiger partial charge is 0.367 e. The van der Waals surface area contributed by atoms with Crippen LogP contribution in [0.15, 0.2) is 24.3 Å². The number of hydrogen-bond acceptors (Lipinski definition) is 3. The zero-order valence-electron chi connectivity index (χ0n) is 11.3. The lowest BCUT2D eigenvalue weighted by molar-refractivity contribution is 0.197. The summed E-state index contributed by atoms with van der Waals surface area (Å²) in [5, 5.41) is 13.6. The predicted molar refractivity (Wildman–Crippen MR) is 79.4 cm³/mol. The third-order valence-corrected chi connectivity index (χ3v) is 3.91. The molecule has 2 rings (SSSR count). The van der Waals surface area contributed by atoms with Crippen molar-refractivity contribution < 1.29 is 0 Å². The van der Waals surface area contributed by atoms with E-state index in [0.29, 0.717) is 5.02 Å². The van der Waals surface area contributed by atoms with Crippen molar-refractivity contribution in [2.24, 2.45) is 0 Å². The van der Waals surface area contributed by atoms with E-state index >= 15 is 0 Å². The lowest BCUT2D eigenvalue weighted by Gasteiger charge is -2.38. The van der Waals surface area contributed by atoms with Crippen LogP contribution < -0.4 is 5.32 Å². The topological polar surface area (TPSA) is 39.1 Å². The zero-order valence-corrected chi connectivity index (χ0v) is 12.1. The molecular formula is C15H20ClN3. The highest BCUT2D eigenvalue weighted by Gasteiger charge is 2.34. The minimum Gasteiger partial charge on any atom is -0.367 e. The fourth-order valence-corrected chi connectivity index (χ4v) is 2.77. The standard InChI is InChI=1S/C15H20ClN3/c1-2-8-19-9-6-15(12-17,7-10-19)18-14-5-3-4-13(16)11-14/h3-5,11,18H,2,6-10H2,1H3. The summed E-state index contributed by atoms with van der Waals surface area (Å²) in [5.74, 6) is 0. The predicted octanol–water partition coefficient (Wildman–Crippen LogP) is 3.52. The monoisotopic (exact) mass is 277 g/mol. The third kappa shape index (κ3) is 3.62. The SMILES string of the molecule is CCCN1CCC(C#N)(Nc2cccc(Cl)c2)CC1. The van der Waals surface area contributed by atoms with Crippen molar-refractivity contribution in [3.63, 3.8) is 0 Å². The van der Waals surface area contributed by atoms with Crippen molar-refractivity contribution in [3.05, 3.63) is 29.3 Å². The molecule has 1 N–H and O–H groups in total. The molecule has 1 aromatic carbocycles. The number of piperidine rings is 1. The number of benzene rings is 1. The Bertz CT molecular complexity index is 459. The first-order valence-corrected chi connectivity index (χ1v) is 7.22. The van der Waals surface area contributed by atoms with Crippen LogP contribution in [0.3, 0.4) is 0 Å². The van der Waals surface area contributed by atoms with Gasteiger partial charge >= 0.3 is 0 Å². The Balaban J connectivity index is 2.03. The van der Waals surface area contributed by atoms with Gasteiger partial charge in [-0.3, -0.25) is 0 Å². The van der Waals surface area contributed by atoms with Crippen LogP contribution in [0, 0.1) is 11.3 Å². The lowest BCUT2D eigenvalue weighted by Crippen LogP contribution is -2.48. The van der Waals surface area contributed by atoms with Gasteiger partial charge in [-0.25, -0.2) is 0 Å². The highest BCUT2D eigenvalue weighted by molar-refractivity contribution is 6.30. The van der Waals surface area contributed by atoms with Crippen LogP contribution in [0.2, 0.25) is 5.02 Å². The van der Waals surface area contributed by atoms with Gasteiger partial charge in [-0.15, -0.1) is 0 Å². The molecule has 0 aromatic heterocycles. The highest BCUT2D eigenvalue weighted by Crippen LogP contribution is 2.27. The smallest absolute Gasteiger partial charge is 0.127 e. The van der Waals surface area contributed by atoms with Crippen molar-refractivity contribution in [1.82, 2.24) is 4.90 Å². The van der Waals surface area contributed by atoms with Crippen molar-refractivity contribution in [2.45, 2.75) is 31.7 Å². The van der Waals surface area contributed by atoms with Gasteiger partial charge in [0.05, 0.1) is 6.07 Å². The normalized spacial score (nSPS) is 18.8. The minimum atomic E-state index is -0.449. The van der Waals surface area contributed by atoms with Crippen molar-refractivity contribution in [3.8, 4) is 6.07 Å². The molecule has 19 heavy (non-hydrogen) atoms. The van der Waals surface area contributed by atoms with Crippen LogP contribution in [-0.4, -0.2) is 30.1 Å². The number of halogens is 1. The van der Waals surface area contributed by atoms with E-state index in [2.05, 4.69) is 23.2 Å². The first kappa shape index (κ1) is 14.2. The summed E-state index contributed by atoms with van der Waals surface area (Å²) in [5.41, 5.74) is 0.479. The van der Waals surface area contributed by atoms with Crippen molar-refractivity contribution in [1.29, 1.82) is 5.26 Å². The maximum Gasteiger partial charge on any atom is 0.127 e. The van der Waals surface area contributed by atoms with Gasteiger partial charge in [-0.1, -0.05) is 24.6 Å². The Morgan fingerprint density at radius 1 is 1.42 bits per heavy atom. The molecule has 0 amide bonds. The van der Waals surface area contributed by atoms with Crippen LogP contribution >= 0.6 is 11.6 Å². The molecule has 4 heteroatoms. The van der Waals surface area contributed by atoms with Crippen LogP contribution in [-0.2, 0) is 0 Å². The van der Waals surface area contributed by atoms with Crippen LogP contribution in [0.4, 0.5) is 5.69 Å². The summed E-state index contributed by atoms with van der Waals surface area (Å²) in [4.78, 5) is 2.43. The number of nitrogens with zero attached hydrogens (tertiary/aromatic N) is 2. The molecule has 0 bridgehead atoms. The van der Waals surface area contributed by atoms with E-state index in [1.54, 1.807) is 0 Å². The van der Waals surface area contributed by atoms with E-state index in [4.69, 9.17) is 11.6 Å². The third-order valence-electron chi connectivity index (χ3n) is 3.67. The first-order chi connectivity index (χ1) is 9.17. The van der Waals surface area contributed by atoms with E-state index < -0.39 is 5.54 Å². The first-order valence-electron chi connectivity index (χ1n) is 6.85. The summed E-state index contributed by atoms with van der Waals surface area (Å²) < 4.78 is 0. The number of rotatable bonds is 4. The van der Waals surface area contributed by atoms with Gasteiger partial charge < -0.3 is 10.2 Å². The average Bonchev–Trinajstić information content (AvgIpc) is 2.42. The molecule has 1 fully saturated rings. The maximum atomic E-state index is 9.52. The van der Waals surface area contributed by atoms with Gasteiger partial charge in [0.15, 0.2) is 0 Å². The molecule has 3 nitrogen and oxygen atoms in total. The second-order valence-electron chi connectivity index (χ2n) is 5.17. The quantitative estimate of drug-likeness (QED) is 0.915. The Hall–Kier alpha value is -1.24. The van der Waals surface area contributed by atoms with Gasteiger partial charge in [0.25, 0.3) is 0 Å². The molecule has 0 radical (unpaired) electrons. The van der Waals surface area contributed by atoms with Crippen molar-refractivity contribution in [2.75, 3.05) is 25.0 Å². The van der Waals surface area contributed by atoms with Crippen LogP contribution in [0.5, 0.6) is 0 Å². The summed E-state index contributed by atoms with van der Waals surface area (Å²) in [7, 11) is 0. The molecule has 1 aromatic rings. The molecule has 0 unspecified atom stereocenters. The molecule has 0 saturated carbocycles. The number of nitriles is 1. The minimum absolute atomic E-state index is 0.449. The molecule has 1 aliphatic rings. The van der Waals surface area contributed by atoms with Gasteiger partial charge in [-0.2, -0.15) is 5.26 Å². The van der Waals surface area contributed by atoms with Gasteiger partial charge in [-0.05, 0) is 44.0 Å². The molecule has 1 heterocycles. The van der Waals surface area contributed by atoms with Gasteiger partial charge in [0.1, 0.15) is 5.54 Å². The number of nitrogens with one attached hydrogen (secondary N) is 1. The van der Waals surface area contributed by atoms with Gasteiger partial charge in [0.2, 0.25) is 0 Å². The molecule has 0 spiro atoms. The lowest BCUT2D eigenvalue weighted by atomic mass is 9.88. The van der Waals surface area contributed by atoms with E-state index in [1.807, 2.05) is 24.3 Å². The fourth-order valence-electron chi connectivity index (χ4n) is 2.58.